The minimum absolute atomic E-state index is 0.0272. The van der Waals surface area contributed by atoms with Crippen LogP contribution in [0.2, 0.25) is 0 Å². The number of carbonyl (C=O) groups excluding carboxylic acids is 1. The highest BCUT2D eigenvalue weighted by molar-refractivity contribution is 7.13. The number of nitriles is 1. The summed E-state index contributed by atoms with van der Waals surface area (Å²) in [7, 11) is 0. The number of rotatable bonds is 8. The van der Waals surface area contributed by atoms with Crippen molar-refractivity contribution < 1.29 is 14.3 Å². The molecule has 0 unspecified atom stereocenters. The number of hydrogen-bond donors (Lipinski definition) is 1. The second-order valence-electron chi connectivity index (χ2n) is 5.87. The minimum atomic E-state index is -0.509. The first-order valence-electron chi connectivity index (χ1n) is 8.96. The first-order chi connectivity index (χ1) is 14.2. The number of hydrogen-bond acceptors (Lipinski definition) is 6. The topological polar surface area (TPSA) is 84.2 Å². The Hall–Kier alpha value is -3.63. The van der Waals surface area contributed by atoms with Gasteiger partial charge in [0.2, 0.25) is 0 Å². The Morgan fingerprint density at radius 2 is 2.03 bits per heavy atom. The summed E-state index contributed by atoms with van der Waals surface area (Å²) in [4.78, 5) is 16.3. The highest BCUT2D eigenvalue weighted by Crippen LogP contribution is 2.30. The van der Waals surface area contributed by atoms with E-state index in [9.17, 15) is 10.1 Å². The lowest BCUT2D eigenvalue weighted by Gasteiger charge is -2.13. The smallest absolute Gasteiger partial charge is 0.268 e. The lowest BCUT2D eigenvalue weighted by molar-refractivity contribution is -0.112. The van der Waals surface area contributed by atoms with E-state index in [-0.39, 0.29) is 5.57 Å². The number of ether oxygens (including phenoxy) is 2. The van der Waals surface area contributed by atoms with Crippen LogP contribution >= 0.6 is 11.3 Å². The number of thiazole rings is 1. The van der Waals surface area contributed by atoms with Gasteiger partial charge in [-0.25, -0.2) is 4.98 Å². The zero-order valence-electron chi connectivity index (χ0n) is 15.8. The Bertz CT molecular complexity index is 1030. The number of aromatic nitrogens is 1. The van der Waals surface area contributed by atoms with Crippen LogP contribution in [0.3, 0.4) is 0 Å². The van der Waals surface area contributed by atoms with E-state index in [4.69, 9.17) is 9.47 Å². The van der Waals surface area contributed by atoms with Crippen LogP contribution in [0.5, 0.6) is 11.5 Å². The molecule has 6 nitrogen and oxygen atoms in total. The van der Waals surface area contributed by atoms with Crippen molar-refractivity contribution in [1.82, 2.24) is 4.98 Å². The van der Waals surface area contributed by atoms with Crippen molar-refractivity contribution in [2.45, 2.75) is 13.5 Å². The predicted octanol–water partition coefficient (Wildman–Crippen LogP) is 4.67. The van der Waals surface area contributed by atoms with Gasteiger partial charge in [-0.3, -0.25) is 10.1 Å². The molecule has 1 aromatic heterocycles. The molecule has 0 saturated heterocycles. The third-order valence-electron chi connectivity index (χ3n) is 3.83. The maximum absolute atomic E-state index is 12.3. The van der Waals surface area contributed by atoms with Crippen molar-refractivity contribution in [3.05, 3.63) is 76.8 Å². The lowest BCUT2D eigenvalue weighted by atomic mass is 10.1. The van der Waals surface area contributed by atoms with Crippen molar-refractivity contribution in [2.75, 3.05) is 11.9 Å². The standard InChI is InChI=1S/C22H19N3O3S/c1-2-27-20-13-17(8-9-19(20)28-15-16-6-4-3-5-7-16)12-18(14-23)21(26)25-22-24-10-11-29-22/h3-13H,2,15H2,1H3,(H,24,25,26)/b18-12+. The minimum Gasteiger partial charge on any atom is -0.490 e. The van der Waals surface area contributed by atoms with Crippen LogP contribution in [0.25, 0.3) is 6.08 Å². The monoisotopic (exact) mass is 405 g/mol. The zero-order valence-corrected chi connectivity index (χ0v) is 16.6. The lowest BCUT2D eigenvalue weighted by Crippen LogP contribution is -2.13. The maximum atomic E-state index is 12.3. The molecule has 0 spiro atoms. The van der Waals surface area contributed by atoms with Crippen molar-refractivity contribution in [2.24, 2.45) is 0 Å². The average Bonchev–Trinajstić information content (AvgIpc) is 3.25. The van der Waals surface area contributed by atoms with Crippen molar-refractivity contribution >= 4 is 28.5 Å². The number of nitrogens with zero attached hydrogens (tertiary/aromatic N) is 2. The summed E-state index contributed by atoms with van der Waals surface area (Å²) in [5.74, 6) is 0.637. The molecule has 0 aliphatic rings. The molecule has 146 valence electrons. The molecular formula is C22H19N3O3S. The van der Waals surface area contributed by atoms with Gasteiger partial charge in [-0.1, -0.05) is 36.4 Å². The number of anilines is 1. The first-order valence-corrected chi connectivity index (χ1v) is 9.83. The van der Waals surface area contributed by atoms with Crippen LogP contribution in [0.4, 0.5) is 5.13 Å². The van der Waals surface area contributed by atoms with Gasteiger partial charge in [-0.15, -0.1) is 11.3 Å². The SMILES string of the molecule is CCOc1cc(/C=C(\C#N)C(=O)Nc2nccs2)ccc1OCc1ccccc1. The Morgan fingerprint density at radius 3 is 2.72 bits per heavy atom. The van der Waals surface area contributed by atoms with Crippen molar-refractivity contribution in [1.29, 1.82) is 5.26 Å². The van der Waals surface area contributed by atoms with E-state index in [0.29, 0.717) is 35.4 Å². The summed E-state index contributed by atoms with van der Waals surface area (Å²) < 4.78 is 11.6. The van der Waals surface area contributed by atoms with E-state index in [0.717, 1.165) is 5.56 Å². The fourth-order valence-electron chi connectivity index (χ4n) is 2.50. The van der Waals surface area contributed by atoms with Gasteiger partial charge in [0.05, 0.1) is 6.61 Å². The maximum Gasteiger partial charge on any atom is 0.268 e. The van der Waals surface area contributed by atoms with Crippen LogP contribution in [-0.2, 0) is 11.4 Å². The molecule has 0 aliphatic heterocycles. The Morgan fingerprint density at radius 1 is 1.21 bits per heavy atom. The summed E-state index contributed by atoms with van der Waals surface area (Å²) >= 11 is 1.28. The van der Waals surface area contributed by atoms with Gasteiger partial charge in [0.1, 0.15) is 18.2 Å². The second kappa shape index (κ2) is 10.1. The molecular weight excluding hydrogens is 386 g/mol. The van der Waals surface area contributed by atoms with E-state index >= 15 is 0 Å². The van der Waals surface area contributed by atoms with E-state index in [1.165, 1.54) is 17.4 Å². The van der Waals surface area contributed by atoms with Crippen molar-refractivity contribution in [3.8, 4) is 17.6 Å². The van der Waals surface area contributed by atoms with Gasteiger partial charge < -0.3 is 9.47 Å². The Labute approximate surface area is 173 Å². The molecule has 0 radical (unpaired) electrons. The third kappa shape index (κ3) is 5.67. The van der Waals surface area contributed by atoms with Gasteiger partial charge >= 0.3 is 0 Å². The molecule has 3 rings (SSSR count). The van der Waals surface area contributed by atoms with Gasteiger partial charge in [0, 0.05) is 11.6 Å². The molecule has 2 aromatic carbocycles. The van der Waals surface area contributed by atoms with Gasteiger partial charge in [-0.2, -0.15) is 5.26 Å². The Balaban J connectivity index is 1.78. The molecule has 0 aliphatic carbocycles. The summed E-state index contributed by atoms with van der Waals surface area (Å²) in [5.41, 5.74) is 1.68. The van der Waals surface area contributed by atoms with Crippen LogP contribution in [0.15, 0.2) is 65.7 Å². The fourth-order valence-corrected chi connectivity index (χ4v) is 3.03. The molecule has 0 atom stereocenters. The third-order valence-corrected chi connectivity index (χ3v) is 4.52. The molecule has 7 heteroatoms. The summed E-state index contributed by atoms with van der Waals surface area (Å²) in [6.45, 7) is 2.76. The molecule has 1 heterocycles. The van der Waals surface area contributed by atoms with E-state index in [2.05, 4.69) is 10.3 Å². The average molecular weight is 405 g/mol. The van der Waals surface area contributed by atoms with E-state index in [1.807, 2.05) is 43.3 Å². The number of nitrogens with one attached hydrogen (secondary N) is 1. The fraction of sp³-hybridized carbons (Fsp3) is 0.136. The van der Waals surface area contributed by atoms with E-state index < -0.39 is 5.91 Å². The summed E-state index contributed by atoms with van der Waals surface area (Å²) in [6.07, 6.45) is 3.09. The molecule has 1 N–H and O–H groups in total. The predicted molar refractivity (Wildman–Crippen MR) is 113 cm³/mol. The van der Waals surface area contributed by atoms with Crippen LogP contribution in [-0.4, -0.2) is 17.5 Å². The van der Waals surface area contributed by atoms with E-state index in [1.54, 1.807) is 29.8 Å². The molecule has 29 heavy (non-hydrogen) atoms. The van der Waals surface area contributed by atoms with Gasteiger partial charge in [-0.05, 0) is 36.3 Å². The number of benzene rings is 2. The van der Waals surface area contributed by atoms with Gasteiger partial charge in [0.25, 0.3) is 5.91 Å². The van der Waals surface area contributed by atoms with Crippen LogP contribution in [0, 0.1) is 11.3 Å². The zero-order chi connectivity index (χ0) is 20.5. The Kier molecular flexibility index (Phi) is 6.98. The molecule has 0 saturated carbocycles. The number of amides is 1. The summed E-state index contributed by atoms with van der Waals surface area (Å²) in [5, 5.41) is 14.2. The van der Waals surface area contributed by atoms with Crippen LogP contribution in [0.1, 0.15) is 18.1 Å². The molecule has 0 bridgehead atoms. The molecule has 3 aromatic rings. The van der Waals surface area contributed by atoms with Crippen molar-refractivity contribution in [3.63, 3.8) is 0 Å². The number of carbonyl (C=O) groups is 1. The first kappa shape index (κ1) is 20.1. The summed E-state index contributed by atoms with van der Waals surface area (Å²) in [6, 6.07) is 17.1. The highest BCUT2D eigenvalue weighted by atomic mass is 32.1. The highest BCUT2D eigenvalue weighted by Gasteiger charge is 2.12. The quantitative estimate of drug-likeness (QED) is 0.435. The van der Waals surface area contributed by atoms with Crippen LogP contribution < -0.4 is 14.8 Å². The second-order valence-corrected chi connectivity index (χ2v) is 6.77. The molecule has 0 fully saturated rings. The van der Waals surface area contributed by atoms with Gasteiger partial charge in [0.15, 0.2) is 16.6 Å². The molecule has 1 amide bonds. The normalized spacial score (nSPS) is 10.8. The largest absolute Gasteiger partial charge is 0.490 e.